The molecule has 2 aromatic rings. The monoisotopic (exact) mass is 523 g/mol. The summed E-state index contributed by atoms with van der Waals surface area (Å²) in [6.45, 7) is 10.2. The first-order chi connectivity index (χ1) is 18.3. The molecule has 2 aromatic carbocycles. The van der Waals surface area contributed by atoms with Gasteiger partial charge < -0.3 is 24.2 Å². The molecule has 3 rings (SSSR count). The van der Waals surface area contributed by atoms with Crippen LogP contribution >= 0.6 is 0 Å². The number of amides is 1. The summed E-state index contributed by atoms with van der Waals surface area (Å²) in [5.41, 5.74) is 2.12. The number of ether oxygens (including phenoxy) is 3. The third-order valence-corrected chi connectivity index (χ3v) is 6.52. The molecule has 7 nitrogen and oxygen atoms in total. The number of Topliss-reactive ketones (excluding diaryl/α,β-unsaturated/α-hetero) is 1. The number of likely N-dealkylation sites (tertiary alicyclic amines) is 1. The zero-order chi connectivity index (χ0) is 27.7. The van der Waals surface area contributed by atoms with E-state index >= 15 is 0 Å². The number of benzene rings is 2. The zero-order valence-electron chi connectivity index (χ0n) is 23.3. The molecule has 0 radical (unpaired) electrons. The third-order valence-electron chi connectivity index (χ3n) is 6.52. The highest BCUT2D eigenvalue weighted by atomic mass is 16.5. The number of hydrogen-bond acceptors (Lipinski definition) is 6. The van der Waals surface area contributed by atoms with Crippen LogP contribution in [-0.2, 0) is 14.3 Å². The molecule has 38 heavy (non-hydrogen) atoms. The average Bonchev–Trinajstić information content (AvgIpc) is 3.15. The number of rotatable bonds is 14. The van der Waals surface area contributed by atoms with Crippen LogP contribution in [0.5, 0.6) is 11.5 Å². The van der Waals surface area contributed by atoms with E-state index in [1.54, 1.807) is 25.3 Å². The summed E-state index contributed by atoms with van der Waals surface area (Å²) in [6, 6.07) is 12.0. The predicted molar refractivity (Wildman–Crippen MR) is 148 cm³/mol. The van der Waals surface area contributed by atoms with Gasteiger partial charge in [-0.2, -0.15) is 0 Å². The molecule has 0 bridgehead atoms. The van der Waals surface area contributed by atoms with Gasteiger partial charge in [-0.25, -0.2) is 0 Å². The van der Waals surface area contributed by atoms with Gasteiger partial charge in [0, 0.05) is 25.8 Å². The minimum Gasteiger partial charge on any atom is -0.507 e. The van der Waals surface area contributed by atoms with Gasteiger partial charge in [-0.1, -0.05) is 45.7 Å². The van der Waals surface area contributed by atoms with Crippen molar-refractivity contribution in [3.63, 3.8) is 0 Å². The minimum absolute atomic E-state index is 0.0827. The fourth-order valence-electron chi connectivity index (χ4n) is 4.50. The van der Waals surface area contributed by atoms with Gasteiger partial charge >= 0.3 is 0 Å². The van der Waals surface area contributed by atoms with E-state index in [-0.39, 0.29) is 11.3 Å². The topological polar surface area (TPSA) is 85.3 Å². The van der Waals surface area contributed by atoms with E-state index in [2.05, 4.69) is 20.8 Å². The molecular formula is C31H41NO6. The van der Waals surface area contributed by atoms with E-state index in [1.165, 1.54) is 4.90 Å². The molecule has 1 aliphatic rings. The Morgan fingerprint density at radius 2 is 1.74 bits per heavy atom. The number of methoxy groups -OCH3 is 1. The highest BCUT2D eigenvalue weighted by molar-refractivity contribution is 6.46. The molecule has 7 heteroatoms. The summed E-state index contributed by atoms with van der Waals surface area (Å²) >= 11 is 0. The first kappa shape index (κ1) is 29.2. The van der Waals surface area contributed by atoms with Crippen molar-refractivity contribution >= 4 is 17.4 Å². The maximum absolute atomic E-state index is 13.3. The zero-order valence-corrected chi connectivity index (χ0v) is 23.3. The van der Waals surface area contributed by atoms with Crippen LogP contribution < -0.4 is 9.47 Å². The second-order valence-electron chi connectivity index (χ2n) is 10.1. The number of carbonyl (C=O) groups is 2. The van der Waals surface area contributed by atoms with Crippen LogP contribution in [0.4, 0.5) is 0 Å². The maximum Gasteiger partial charge on any atom is 0.295 e. The van der Waals surface area contributed by atoms with Crippen LogP contribution in [-0.4, -0.2) is 55.2 Å². The van der Waals surface area contributed by atoms with Gasteiger partial charge in [0.25, 0.3) is 11.7 Å². The van der Waals surface area contributed by atoms with Crippen molar-refractivity contribution < 1.29 is 28.9 Å². The van der Waals surface area contributed by atoms with Crippen LogP contribution in [0.15, 0.2) is 48.0 Å². The summed E-state index contributed by atoms with van der Waals surface area (Å²) in [5, 5.41) is 11.4. The van der Waals surface area contributed by atoms with Gasteiger partial charge in [-0.05, 0) is 67.1 Å². The number of aliphatic hydroxyl groups is 1. The van der Waals surface area contributed by atoms with Crippen molar-refractivity contribution in [3.05, 3.63) is 64.7 Å². The molecule has 0 aromatic heterocycles. The molecule has 0 aliphatic carbocycles. The molecule has 1 amide bonds. The van der Waals surface area contributed by atoms with Crippen molar-refractivity contribution in [2.75, 3.05) is 33.5 Å². The Bertz CT molecular complexity index is 1120. The number of hydrogen-bond donors (Lipinski definition) is 1. The van der Waals surface area contributed by atoms with Gasteiger partial charge in [0.1, 0.15) is 17.3 Å². The van der Waals surface area contributed by atoms with Crippen molar-refractivity contribution in [2.45, 2.75) is 59.4 Å². The van der Waals surface area contributed by atoms with Gasteiger partial charge in [0.15, 0.2) is 0 Å². The molecule has 1 heterocycles. The predicted octanol–water partition coefficient (Wildman–Crippen LogP) is 6.06. The van der Waals surface area contributed by atoms with Crippen molar-refractivity contribution in [3.8, 4) is 11.5 Å². The Morgan fingerprint density at radius 1 is 1.00 bits per heavy atom. The molecule has 1 fully saturated rings. The Hall–Kier alpha value is -3.32. The molecule has 1 N–H and O–H groups in total. The lowest BCUT2D eigenvalue weighted by molar-refractivity contribution is -0.140. The Labute approximate surface area is 226 Å². The maximum atomic E-state index is 13.3. The number of ketones is 1. The number of aliphatic hydroxyl groups excluding tert-OH is 1. The van der Waals surface area contributed by atoms with E-state index < -0.39 is 17.7 Å². The van der Waals surface area contributed by atoms with E-state index in [4.69, 9.17) is 14.2 Å². The van der Waals surface area contributed by atoms with Gasteiger partial charge in [0.2, 0.25) is 0 Å². The molecule has 0 spiro atoms. The lowest BCUT2D eigenvalue weighted by Crippen LogP contribution is -2.31. The largest absolute Gasteiger partial charge is 0.507 e. The Morgan fingerprint density at radius 3 is 2.37 bits per heavy atom. The van der Waals surface area contributed by atoms with E-state index in [0.29, 0.717) is 44.3 Å². The normalized spacial score (nSPS) is 16.9. The van der Waals surface area contributed by atoms with Gasteiger partial charge in [-0.15, -0.1) is 0 Å². The van der Waals surface area contributed by atoms with Crippen molar-refractivity contribution in [1.29, 1.82) is 0 Å². The first-order valence-corrected chi connectivity index (χ1v) is 13.5. The Balaban J connectivity index is 1.96. The molecule has 1 saturated heterocycles. The number of aryl methyl sites for hydroxylation is 1. The number of carbonyl (C=O) groups excluding carboxylic acids is 2. The van der Waals surface area contributed by atoms with Crippen LogP contribution in [0.1, 0.15) is 69.2 Å². The summed E-state index contributed by atoms with van der Waals surface area (Å²) < 4.78 is 16.9. The van der Waals surface area contributed by atoms with Crippen LogP contribution in [0.25, 0.3) is 5.76 Å². The quantitative estimate of drug-likeness (QED) is 0.140. The molecule has 206 valence electrons. The van der Waals surface area contributed by atoms with Crippen LogP contribution in [0.3, 0.4) is 0 Å². The fraction of sp³-hybridized carbons (Fsp3) is 0.484. The lowest BCUT2D eigenvalue weighted by Gasteiger charge is -2.25. The van der Waals surface area contributed by atoms with Crippen LogP contribution in [0.2, 0.25) is 0 Å². The first-order valence-electron chi connectivity index (χ1n) is 13.5. The minimum atomic E-state index is -0.710. The summed E-state index contributed by atoms with van der Waals surface area (Å²) in [5.74, 6) is 0.324. The second-order valence-corrected chi connectivity index (χ2v) is 10.1. The smallest absolute Gasteiger partial charge is 0.295 e. The molecular weight excluding hydrogens is 482 g/mol. The summed E-state index contributed by atoms with van der Waals surface area (Å²) in [4.78, 5) is 27.9. The van der Waals surface area contributed by atoms with Crippen molar-refractivity contribution in [1.82, 2.24) is 4.90 Å². The third kappa shape index (κ3) is 7.16. The molecule has 1 unspecified atom stereocenters. The standard InChI is InChI=1S/C31H41NO6/c1-6-7-8-18-37-25-13-10-23(11-14-25)28-27(30(34)31(35)32(28)16-9-17-36-5)29(33)24-12-15-26(22(4)19-24)38-20-21(2)3/h10-15,19,21,28,33H,6-9,16-18,20H2,1-5H3. The lowest BCUT2D eigenvalue weighted by atomic mass is 9.94. The SMILES string of the molecule is CCCCCOc1ccc(C2C(=C(O)c3ccc(OCC(C)C)c(C)c3)C(=O)C(=O)N2CCCOC)cc1. The van der Waals surface area contributed by atoms with E-state index in [0.717, 1.165) is 41.9 Å². The average molecular weight is 524 g/mol. The molecule has 0 saturated carbocycles. The highest BCUT2D eigenvalue weighted by Crippen LogP contribution is 2.40. The van der Waals surface area contributed by atoms with Gasteiger partial charge in [-0.3, -0.25) is 9.59 Å². The number of unbranched alkanes of at least 4 members (excludes halogenated alkanes) is 2. The van der Waals surface area contributed by atoms with Crippen molar-refractivity contribution in [2.24, 2.45) is 5.92 Å². The number of nitrogens with zero attached hydrogens (tertiary/aromatic N) is 1. The van der Waals surface area contributed by atoms with Gasteiger partial charge in [0.05, 0.1) is 24.8 Å². The second kappa shape index (κ2) is 14.0. The molecule has 1 aliphatic heterocycles. The molecule has 1 atom stereocenters. The summed E-state index contributed by atoms with van der Waals surface area (Å²) in [7, 11) is 1.60. The highest BCUT2D eigenvalue weighted by Gasteiger charge is 2.45. The fourth-order valence-corrected chi connectivity index (χ4v) is 4.50. The summed E-state index contributed by atoms with van der Waals surface area (Å²) in [6.07, 6.45) is 3.79. The van der Waals surface area contributed by atoms with E-state index in [1.807, 2.05) is 31.2 Å². The Kier molecular flexibility index (Phi) is 10.8. The van der Waals surface area contributed by atoms with Crippen LogP contribution in [0, 0.1) is 12.8 Å². The van der Waals surface area contributed by atoms with E-state index in [9.17, 15) is 14.7 Å².